The van der Waals surface area contributed by atoms with Gasteiger partial charge in [0, 0.05) is 29.3 Å². The van der Waals surface area contributed by atoms with Crippen molar-refractivity contribution in [1.29, 1.82) is 0 Å². The van der Waals surface area contributed by atoms with Crippen LogP contribution in [0.25, 0.3) is 21.8 Å². The van der Waals surface area contributed by atoms with E-state index in [1.807, 2.05) is 24.3 Å². The number of ether oxygens (including phenoxy) is 1. The maximum absolute atomic E-state index is 11.3. The van der Waals surface area contributed by atoms with E-state index in [1.165, 1.54) is 6.92 Å². The lowest BCUT2D eigenvalue weighted by molar-refractivity contribution is -0.142. The van der Waals surface area contributed by atoms with Gasteiger partial charge in [0.1, 0.15) is 6.61 Å². The molecule has 0 amide bonds. The van der Waals surface area contributed by atoms with Crippen LogP contribution in [0.1, 0.15) is 42.7 Å². The summed E-state index contributed by atoms with van der Waals surface area (Å²) < 4.78 is 7.29. The lowest BCUT2D eigenvalue weighted by Crippen LogP contribution is -2.02. The Morgan fingerprint density at radius 2 is 1.92 bits per heavy atom. The molecule has 0 atom stereocenters. The maximum atomic E-state index is 11.3. The van der Waals surface area contributed by atoms with Gasteiger partial charge in [-0.05, 0) is 37.6 Å². The third-order valence-corrected chi connectivity index (χ3v) is 4.11. The van der Waals surface area contributed by atoms with Gasteiger partial charge in [-0.1, -0.05) is 18.2 Å². The average Bonchev–Trinajstić information content (AvgIpc) is 2.86. The monoisotopic (exact) mass is 325 g/mol. The van der Waals surface area contributed by atoms with E-state index < -0.39 is 5.97 Å². The molecular weight excluding hydrogens is 306 g/mol. The summed E-state index contributed by atoms with van der Waals surface area (Å²) in [5, 5.41) is 11.2. The molecule has 0 spiro atoms. The van der Waals surface area contributed by atoms with E-state index in [1.54, 1.807) is 12.1 Å². The van der Waals surface area contributed by atoms with Crippen molar-refractivity contribution in [3.8, 4) is 0 Å². The van der Waals surface area contributed by atoms with E-state index in [2.05, 4.69) is 18.4 Å². The standard InChI is InChI=1S/C19H19NO4/c1-11(2)20-16-6-4-5-14(10-24-12(3)21)18(16)15-8-7-13(19(22)23)9-17(15)20/h4-9,11H,10H2,1-3H3,(H,22,23). The molecule has 1 heterocycles. The zero-order chi connectivity index (χ0) is 17.4. The van der Waals surface area contributed by atoms with Gasteiger partial charge in [-0.2, -0.15) is 0 Å². The molecule has 3 aromatic rings. The van der Waals surface area contributed by atoms with Crippen LogP contribution < -0.4 is 0 Å². The molecule has 0 aliphatic heterocycles. The summed E-state index contributed by atoms with van der Waals surface area (Å²) in [6, 6.07) is 11.2. The third kappa shape index (κ3) is 2.62. The lowest BCUT2D eigenvalue weighted by atomic mass is 10.1. The van der Waals surface area contributed by atoms with Crippen LogP contribution in [0, 0.1) is 0 Å². The van der Waals surface area contributed by atoms with Crippen molar-refractivity contribution in [2.45, 2.75) is 33.4 Å². The Morgan fingerprint density at radius 3 is 2.54 bits per heavy atom. The van der Waals surface area contributed by atoms with E-state index in [9.17, 15) is 14.7 Å². The van der Waals surface area contributed by atoms with Gasteiger partial charge in [-0.15, -0.1) is 0 Å². The molecular formula is C19H19NO4. The second-order valence-electron chi connectivity index (χ2n) is 6.09. The van der Waals surface area contributed by atoms with Gasteiger partial charge in [-0.3, -0.25) is 4.79 Å². The number of rotatable bonds is 4. The summed E-state index contributed by atoms with van der Waals surface area (Å²) >= 11 is 0. The Bertz CT molecular complexity index is 953. The number of aromatic carboxylic acids is 1. The minimum absolute atomic E-state index is 0.165. The largest absolute Gasteiger partial charge is 0.478 e. The number of benzene rings is 2. The highest BCUT2D eigenvalue weighted by Crippen LogP contribution is 2.35. The van der Waals surface area contributed by atoms with Crippen LogP contribution >= 0.6 is 0 Å². The average molecular weight is 325 g/mol. The highest BCUT2D eigenvalue weighted by Gasteiger charge is 2.17. The van der Waals surface area contributed by atoms with Crippen molar-refractivity contribution < 1.29 is 19.4 Å². The molecule has 3 rings (SSSR count). The highest BCUT2D eigenvalue weighted by molar-refractivity contribution is 6.11. The fourth-order valence-electron chi connectivity index (χ4n) is 3.16. The van der Waals surface area contributed by atoms with Crippen LogP contribution in [0.4, 0.5) is 0 Å². The molecule has 1 N–H and O–H groups in total. The first-order valence-corrected chi connectivity index (χ1v) is 7.82. The van der Waals surface area contributed by atoms with Crippen LogP contribution in [-0.2, 0) is 16.1 Å². The number of esters is 1. The topological polar surface area (TPSA) is 68.5 Å². The molecule has 0 saturated carbocycles. The minimum atomic E-state index is -0.947. The van der Waals surface area contributed by atoms with Gasteiger partial charge >= 0.3 is 11.9 Å². The van der Waals surface area contributed by atoms with Crippen molar-refractivity contribution in [1.82, 2.24) is 4.57 Å². The highest BCUT2D eigenvalue weighted by atomic mass is 16.5. The summed E-state index contributed by atoms with van der Waals surface area (Å²) in [4.78, 5) is 22.5. The van der Waals surface area contributed by atoms with Crippen molar-refractivity contribution in [3.05, 3.63) is 47.5 Å². The predicted molar refractivity (Wildman–Crippen MR) is 92.3 cm³/mol. The van der Waals surface area contributed by atoms with Gasteiger partial charge in [0.2, 0.25) is 0 Å². The zero-order valence-corrected chi connectivity index (χ0v) is 13.9. The number of carbonyl (C=O) groups excluding carboxylic acids is 1. The first-order valence-electron chi connectivity index (χ1n) is 7.82. The number of nitrogens with zero attached hydrogens (tertiary/aromatic N) is 1. The second-order valence-corrected chi connectivity index (χ2v) is 6.09. The van der Waals surface area contributed by atoms with Crippen LogP contribution in [0.2, 0.25) is 0 Å². The van der Waals surface area contributed by atoms with Crippen LogP contribution in [-0.4, -0.2) is 21.6 Å². The van der Waals surface area contributed by atoms with E-state index in [0.29, 0.717) is 0 Å². The molecule has 0 bridgehead atoms. The van der Waals surface area contributed by atoms with E-state index in [0.717, 1.165) is 27.4 Å². The zero-order valence-electron chi connectivity index (χ0n) is 13.9. The normalized spacial score (nSPS) is 11.3. The number of aromatic nitrogens is 1. The Balaban J connectivity index is 2.35. The SMILES string of the molecule is CC(=O)OCc1cccc2c1c1ccc(C(=O)O)cc1n2C(C)C. The van der Waals surface area contributed by atoms with Crippen molar-refractivity contribution in [2.24, 2.45) is 0 Å². The molecule has 2 aromatic carbocycles. The second kappa shape index (κ2) is 6.00. The first-order chi connectivity index (χ1) is 11.4. The van der Waals surface area contributed by atoms with Gasteiger partial charge in [0.25, 0.3) is 0 Å². The molecule has 5 nitrogen and oxygen atoms in total. The molecule has 0 fully saturated rings. The molecule has 5 heteroatoms. The van der Waals surface area contributed by atoms with Crippen LogP contribution in [0.5, 0.6) is 0 Å². The summed E-state index contributed by atoms with van der Waals surface area (Å²) in [6.07, 6.45) is 0. The molecule has 0 saturated heterocycles. The number of hydrogen-bond acceptors (Lipinski definition) is 3. The maximum Gasteiger partial charge on any atom is 0.335 e. The van der Waals surface area contributed by atoms with Crippen molar-refractivity contribution >= 4 is 33.7 Å². The summed E-state index contributed by atoms with van der Waals surface area (Å²) in [5.41, 5.74) is 3.05. The summed E-state index contributed by atoms with van der Waals surface area (Å²) in [7, 11) is 0. The molecule has 0 aliphatic rings. The van der Waals surface area contributed by atoms with Crippen LogP contribution in [0.3, 0.4) is 0 Å². The molecule has 0 aliphatic carbocycles. The van der Waals surface area contributed by atoms with E-state index >= 15 is 0 Å². The number of fused-ring (bicyclic) bond motifs is 3. The Hall–Kier alpha value is -2.82. The van der Waals surface area contributed by atoms with E-state index in [-0.39, 0.29) is 24.2 Å². The summed E-state index contributed by atoms with van der Waals surface area (Å²) in [5.74, 6) is -1.27. The first kappa shape index (κ1) is 16.1. The third-order valence-electron chi connectivity index (χ3n) is 4.11. The fraction of sp³-hybridized carbons (Fsp3) is 0.263. The lowest BCUT2D eigenvalue weighted by Gasteiger charge is -2.12. The molecule has 124 valence electrons. The van der Waals surface area contributed by atoms with Gasteiger partial charge in [0.05, 0.1) is 11.1 Å². The quantitative estimate of drug-likeness (QED) is 0.732. The number of carboxylic acids is 1. The fourth-order valence-corrected chi connectivity index (χ4v) is 3.16. The Kier molecular flexibility index (Phi) is 4.01. The molecule has 1 aromatic heterocycles. The van der Waals surface area contributed by atoms with Crippen molar-refractivity contribution in [2.75, 3.05) is 0 Å². The summed E-state index contributed by atoms with van der Waals surface area (Å²) in [6.45, 7) is 5.71. The molecule has 0 unspecified atom stereocenters. The minimum Gasteiger partial charge on any atom is -0.478 e. The van der Waals surface area contributed by atoms with Gasteiger partial charge < -0.3 is 14.4 Å². The smallest absolute Gasteiger partial charge is 0.335 e. The molecule has 0 radical (unpaired) electrons. The van der Waals surface area contributed by atoms with Crippen LogP contribution in [0.15, 0.2) is 36.4 Å². The van der Waals surface area contributed by atoms with Gasteiger partial charge in [0.15, 0.2) is 0 Å². The molecule has 24 heavy (non-hydrogen) atoms. The van der Waals surface area contributed by atoms with Gasteiger partial charge in [-0.25, -0.2) is 4.79 Å². The Labute approximate surface area is 139 Å². The number of carboxylic acid groups (broad SMARTS) is 1. The van der Waals surface area contributed by atoms with Crippen molar-refractivity contribution in [3.63, 3.8) is 0 Å². The van der Waals surface area contributed by atoms with E-state index in [4.69, 9.17) is 4.74 Å². The number of hydrogen-bond donors (Lipinski definition) is 1. The Morgan fingerprint density at radius 1 is 1.17 bits per heavy atom. The predicted octanol–water partition coefficient (Wildman–Crippen LogP) is 4.14. The number of carbonyl (C=O) groups is 2.